The Kier molecular flexibility index (Phi) is 3.65. The molecule has 0 atom stereocenters. The number of ether oxygens (including phenoxy) is 1. The molecular formula is C12H24N2O. The highest BCUT2D eigenvalue weighted by molar-refractivity contribution is 4.90. The van der Waals surface area contributed by atoms with Gasteiger partial charge in [-0.1, -0.05) is 6.92 Å². The van der Waals surface area contributed by atoms with Crippen LogP contribution in [-0.2, 0) is 4.74 Å². The molecule has 1 heterocycles. The van der Waals surface area contributed by atoms with E-state index in [-0.39, 0.29) is 5.54 Å². The predicted molar refractivity (Wildman–Crippen MR) is 61.8 cm³/mol. The van der Waals surface area contributed by atoms with E-state index in [0.717, 1.165) is 45.1 Å². The molecule has 3 heteroatoms. The molecule has 2 N–H and O–H groups in total. The Labute approximate surface area is 93.0 Å². The number of likely N-dealkylation sites (N-methyl/N-ethyl adjacent to an activating group) is 1. The zero-order valence-corrected chi connectivity index (χ0v) is 9.87. The molecule has 1 aliphatic heterocycles. The minimum atomic E-state index is 0.0170. The highest BCUT2D eigenvalue weighted by Gasteiger charge is 2.32. The van der Waals surface area contributed by atoms with Crippen LogP contribution in [-0.4, -0.2) is 43.3 Å². The lowest BCUT2D eigenvalue weighted by Crippen LogP contribution is -2.53. The van der Waals surface area contributed by atoms with Crippen molar-refractivity contribution >= 4 is 0 Å². The van der Waals surface area contributed by atoms with Crippen molar-refractivity contribution < 1.29 is 4.74 Å². The number of hydrogen-bond donors (Lipinski definition) is 1. The highest BCUT2D eigenvalue weighted by atomic mass is 16.5. The molecule has 88 valence electrons. The molecule has 3 nitrogen and oxygen atoms in total. The van der Waals surface area contributed by atoms with Gasteiger partial charge in [-0.3, -0.25) is 0 Å². The van der Waals surface area contributed by atoms with Crippen LogP contribution < -0.4 is 5.73 Å². The Morgan fingerprint density at radius 3 is 2.53 bits per heavy atom. The van der Waals surface area contributed by atoms with Crippen LogP contribution in [0.3, 0.4) is 0 Å². The standard InChI is InChI=1S/C12H24N2O/c1-2-14(9-11-3-4-11)10-12(13)5-7-15-8-6-12/h11H,2-10,13H2,1H3. The third kappa shape index (κ3) is 3.44. The number of hydrogen-bond acceptors (Lipinski definition) is 3. The first-order valence-electron chi connectivity index (χ1n) is 6.31. The lowest BCUT2D eigenvalue weighted by molar-refractivity contribution is 0.0377. The summed E-state index contributed by atoms with van der Waals surface area (Å²) in [4.78, 5) is 2.53. The molecule has 0 radical (unpaired) electrons. The van der Waals surface area contributed by atoms with Gasteiger partial charge in [-0.25, -0.2) is 0 Å². The maximum absolute atomic E-state index is 6.41. The fourth-order valence-corrected chi connectivity index (χ4v) is 2.35. The number of nitrogens with zero attached hydrogens (tertiary/aromatic N) is 1. The van der Waals surface area contributed by atoms with Crippen molar-refractivity contribution in [1.29, 1.82) is 0 Å². The Bertz CT molecular complexity index is 198. The molecule has 15 heavy (non-hydrogen) atoms. The van der Waals surface area contributed by atoms with Crippen LogP contribution in [0.15, 0.2) is 0 Å². The van der Waals surface area contributed by atoms with Gasteiger partial charge in [-0.15, -0.1) is 0 Å². The van der Waals surface area contributed by atoms with E-state index < -0.39 is 0 Å². The van der Waals surface area contributed by atoms with Crippen LogP contribution >= 0.6 is 0 Å². The molecule has 0 amide bonds. The molecule has 2 fully saturated rings. The van der Waals surface area contributed by atoms with Crippen molar-refractivity contribution in [3.8, 4) is 0 Å². The van der Waals surface area contributed by atoms with Gasteiger partial charge in [-0.05, 0) is 38.1 Å². The van der Waals surface area contributed by atoms with E-state index in [1.165, 1.54) is 19.4 Å². The minimum Gasteiger partial charge on any atom is -0.381 e. The van der Waals surface area contributed by atoms with Crippen LogP contribution in [0.25, 0.3) is 0 Å². The maximum atomic E-state index is 6.41. The van der Waals surface area contributed by atoms with Crippen molar-refractivity contribution in [2.24, 2.45) is 11.7 Å². The maximum Gasteiger partial charge on any atom is 0.0484 e. The molecule has 0 aromatic carbocycles. The summed E-state index contributed by atoms with van der Waals surface area (Å²) in [5.74, 6) is 0.966. The second-order valence-electron chi connectivity index (χ2n) is 5.25. The van der Waals surface area contributed by atoms with Crippen molar-refractivity contribution in [2.45, 2.75) is 38.1 Å². The summed E-state index contributed by atoms with van der Waals surface area (Å²) in [6.07, 6.45) is 4.90. The molecule has 1 saturated carbocycles. The largest absolute Gasteiger partial charge is 0.381 e. The van der Waals surface area contributed by atoms with E-state index >= 15 is 0 Å². The fraction of sp³-hybridized carbons (Fsp3) is 1.00. The summed E-state index contributed by atoms with van der Waals surface area (Å²) in [5.41, 5.74) is 6.43. The van der Waals surface area contributed by atoms with Gasteiger partial charge in [0.1, 0.15) is 0 Å². The van der Waals surface area contributed by atoms with E-state index in [1.54, 1.807) is 0 Å². The van der Waals surface area contributed by atoms with Gasteiger partial charge in [0.15, 0.2) is 0 Å². The van der Waals surface area contributed by atoms with Crippen LogP contribution in [0.5, 0.6) is 0 Å². The van der Waals surface area contributed by atoms with Crippen molar-refractivity contribution in [1.82, 2.24) is 4.90 Å². The molecule has 1 saturated heterocycles. The summed E-state index contributed by atoms with van der Waals surface area (Å²) >= 11 is 0. The smallest absolute Gasteiger partial charge is 0.0484 e. The lowest BCUT2D eigenvalue weighted by Gasteiger charge is -2.37. The lowest BCUT2D eigenvalue weighted by atomic mass is 9.90. The van der Waals surface area contributed by atoms with Crippen molar-refractivity contribution in [3.63, 3.8) is 0 Å². The normalized spacial score (nSPS) is 25.8. The molecular weight excluding hydrogens is 188 g/mol. The van der Waals surface area contributed by atoms with E-state index in [4.69, 9.17) is 10.5 Å². The Morgan fingerprint density at radius 1 is 1.33 bits per heavy atom. The monoisotopic (exact) mass is 212 g/mol. The van der Waals surface area contributed by atoms with E-state index in [2.05, 4.69) is 11.8 Å². The topological polar surface area (TPSA) is 38.5 Å². The highest BCUT2D eigenvalue weighted by Crippen LogP contribution is 2.30. The summed E-state index contributed by atoms with van der Waals surface area (Å²) in [5, 5.41) is 0. The third-order valence-electron chi connectivity index (χ3n) is 3.69. The minimum absolute atomic E-state index is 0.0170. The number of nitrogens with two attached hydrogens (primary N) is 1. The molecule has 1 aliphatic carbocycles. The van der Waals surface area contributed by atoms with Gasteiger partial charge in [0.05, 0.1) is 0 Å². The molecule has 2 aliphatic rings. The Morgan fingerprint density at radius 2 is 2.00 bits per heavy atom. The second kappa shape index (κ2) is 4.81. The zero-order valence-electron chi connectivity index (χ0n) is 9.87. The zero-order chi connectivity index (χ0) is 10.7. The summed E-state index contributed by atoms with van der Waals surface area (Å²) in [6, 6.07) is 0. The molecule has 0 unspecified atom stereocenters. The average Bonchev–Trinajstić information content (AvgIpc) is 3.01. The van der Waals surface area contributed by atoms with Crippen LogP contribution in [0.4, 0.5) is 0 Å². The fourth-order valence-electron chi connectivity index (χ4n) is 2.35. The predicted octanol–water partition coefficient (Wildman–Crippen LogP) is 1.23. The van der Waals surface area contributed by atoms with E-state index in [1.807, 2.05) is 0 Å². The molecule has 2 rings (SSSR count). The molecule has 0 aromatic heterocycles. The SMILES string of the molecule is CCN(CC1CC1)CC1(N)CCOCC1. The molecule has 0 aromatic rings. The summed E-state index contributed by atoms with van der Waals surface area (Å²) < 4.78 is 5.38. The van der Waals surface area contributed by atoms with Crippen molar-refractivity contribution in [3.05, 3.63) is 0 Å². The summed E-state index contributed by atoms with van der Waals surface area (Å²) in [7, 11) is 0. The van der Waals surface area contributed by atoms with Gasteiger partial charge >= 0.3 is 0 Å². The Hall–Kier alpha value is -0.120. The number of rotatable bonds is 5. The summed E-state index contributed by atoms with van der Waals surface area (Å²) in [6.45, 7) is 7.38. The first kappa shape index (κ1) is 11.4. The van der Waals surface area contributed by atoms with Gasteiger partial charge < -0.3 is 15.4 Å². The molecule has 0 spiro atoms. The first-order chi connectivity index (χ1) is 7.22. The third-order valence-corrected chi connectivity index (χ3v) is 3.69. The van der Waals surface area contributed by atoms with Crippen LogP contribution in [0, 0.1) is 5.92 Å². The van der Waals surface area contributed by atoms with Gasteiger partial charge in [0, 0.05) is 31.8 Å². The van der Waals surface area contributed by atoms with E-state index in [0.29, 0.717) is 0 Å². The first-order valence-corrected chi connectivity index (χ1v) is 6.31. The van der Waals surface area contributed by atoms with Gasteiger partial charge in [-0.2, -0.15) is 0 Å². The quantitative estimate of drug-likeness (QED) is 0.745. The van der Waals surface area contributed by atoms with Crippen molar-refractivity contribution in [2.75, 3.05) is 32.8 Å². The van der Waals surface area contributed by atoms with Crippen LogP contribution in [0.2, 0.25) is 0 Å². The van der Waals surface area contributed by atoms with Gasteiger partial charge in [0.25, 0.3) is 0 Å². The molecule has 0 bridgehead atoms. The Balaban J connectivity index is 1.80. The van der Waals surface area contributed by atoms with Gasteiger partial charge in [0.2, 0.25) is 0 Å². The average molecular weight is 212 g/mol. The second-order valence-corrected chi connectivity index (χ2v) is 5.25. The van der Waals surface area contributed by atoms with E-state index in [9.17, 15) is 0 Å². The van der Waals surface area contributed by atoms with Crippen LogP contribution in [0.1, 0.15) is 32.6 Å².